The Morgan fingerprint density at radius 3 is 2.44 bits per heavy atom. The Kier molecular flexibility index (Phi) is 2.12. The van der Waals surface area contributed by atoms with Crippen molar-refractivity contribution in [1.82, 2.24) is 0 Å². The van der Waals surface area contributed by atoms with Crippen molar-refractivity contribution in [2.45, 2.75) is 39.2 Å². The lowest BCUT2D eigenvalue weighted by Gasteiger charge is -2.15. The average Bonchev–Trinajstić information content (AvgIpc) is 2.66. The van der Waals surface area contributed by atoms with Gasteiger partial charge in [-0.05, 0) is 24.7 Å². The summed E-state index contributed by atoms with van der Waals surface area (Å²) in [5.41, 5.74) is 0. The van der Waals surface area contributed by atoms with Gasteiger partial charge in [-0.25, -0.2) is 0 Å². The lowest BCUT2D eigenvalue weighted by Crippen LogP contribution is -2.18. The van der Waals surface area contributed by atoms with Crippen LogP contribution >= 0.6 is 0 Å². The first-order valence-corrected chi connectivity index (χ1v) is 3.93. The fraction of sp³-hybridized carbons (Fsp3) is 1.00. The smallest absolute Gasteiger partial charge is 0.0593 e. The Morgan fingerprint density at radius 1 is 1.56 bits per heavy atom. The van der Waals surface area contributed by atoms with Crippen molar-refractivity contribution in [3.05, 3.63) is 0 Å². The highest BCUT2D eigenvalue weighted by Gasteiger charge is 2.32. The predicted octanol–water partition coefficient (Wildman–Crippen LogP) is 1.80. The summed E-state index contributed by atoms with van der Waals surface area (Å²) in [6.07, 6.45) is 3.62. The summed E-state index contributed by atoms with van der Waals surface area (Å²) < 4.78 is 0. The number of hydrogen-bond acceptors (Lipinski definition) is 1. The second-order valence-corrected chi connectivity index (χ2v) is 3.21. The van der Waals surface area contributed by atoms with Crippen LogP contribution in [0.5, 0.6) is 0 Å². The van der Waals surface area contributed by atoms with Crippen molar-refractivity contribution < 1.29 is 5.11 Å². The van der Waals surface area contributed by atoms with Crippen LogP contribution in [0.25, 0.3) is 0 Å². The normalized spacial score (nSPS) is 25.7. The Bertz CT molecular complexity index is 86.6. The van der Waals surface area contributed by atoms with E-state index in [2.05, 4.69) is 13.8 Å². The van der Waals surface area contributed by atoms with Crippen molar-refractivity contribution in [3.8, 4) is 0 Å². The van der Waals surface area contributed by atoms with Crippen molar-refractivity contribution in [3.63, 3.8) is 0 Å². The Hall–Kier alpha value is -0.0400. The fourth-order valence-corrected chi connectivity index (χ4v) is 1.14. The molecule has 2 atom stereocenters. The van der Waals surface area contributed by atoms with E-state index >= 15 is 0 Å². The van der Waals surface area contributed by atoms with Crippen LogP contribution < -0.4 is 0 Å². The molecule has 1 fully saturated rings. The van der Waals surface area contributed by atoms with Crippen LogP contribution in [0.4, 0.5) is 0 Å². The quantitative estimate of drug-likeness (QED) is 0.614. The Balaban J connectivity index is 2.22. The van der Waals surface area contributed by atoms with Crippen LogP contribution in [-0.2, 0) is 0 Å². The first-order valence-electron chi connectivity index (χ1n) is 3.93. The zero-order valence-electron chi connectivity index (χ0n) is 6.30. The molecule has 0 aromatic rings. The molecule has 1 rings (SSSR count). The minimum atomic E-state index is -0.00463. The molecule has 1 nitrogen and oxygen atoms in total. The molecule has 0 aromatic heterocycles. The van der Waals surface area contributed by atoms with Gasteiger partial charge in [0.05, 0.1) is 6.10 Å². The molecule has 0 heterocycles. The number of rotatable bonds is 3. The van der Waals surface area contributed by atoms with E-state index in [-0.39, 0.29) is 6.10 Å². The lowest BCUT2D eigenvalue weighted by atomic mass is 9.98. The molecule has 54 valence electrons. The van der Waals surface area contributed by atoms with Gasteiger partial charge in [-0.2, -0.15) is 0 Å². The first-order chi connectivity index (χ1) is 4.25. The van der Waals surface area contributed by atoms with Gasteiger partial charge in [0.2, 0.25) is 0 Å². The molecule has 1 unspecified atom stereocenters. The third-order valence-corrected chi connectivity index (χ3v) is 2.33. The highest BCUT2D eigenvalue weighted by atomic mass is 16.3. The van der Waals surface area contributed by atoms with Crippen LogP contribution in [0.2, 0.25) is 0 Å². The average molecular weight is 128 g/mol. The maximum Gasteiger partial charge on any atom is 0.0593 e. The third kappa shape index (κ3) is 1.68. The van der Waals surface area contributed by atoms with E-state index in [1.807, 2.05) is 0 Å². The molecule has 0 spiro atoms. The van der Waals surface area contributed by atoms with Gasteiger partial charge >= 0.3 is 0 Å². The summed E-state index contributed by atoms with van der Waals surface area (Å²) in [6, 6.07) is 0. The molecule has 1 saturated carbocycles. The highest BCUT2D eigenvalue weighted by molar-refractivity contribution is 4.83. The lowest BCUT2D eigenvalue weighted by molar-refractivity contribution is 0.0931. The predicted molar refractivity (Wildman–Crippen MR) is 38.2 cm³/mol. The third-order valence-electron chi connectivity index (χ3n) is 2.33. The van der Waals surface area contributed by atoms with Crippen LogP contribution in [0.3, 0.4) is 0 Å². The summed E-state index contributed by atoms with van der Waals surface area (Å²) in [5.74, 6) is 1.16. The van der Waals surface area contributed by atoms with Gasteiger partial charge in [0.1, 0.15) is 0 Å². The number of aliphatic hydroxyl groups is 1. The molecule has 0 bridgehead atoms. The molecule has 0 saturated heterocycles. The van der Waals surface area contributed by atoms with Crippen LogP contribution in [0.1, 0.15) is 33.1 Å². The van der Waals surface area contributed by atoms with Crippen molar-refractivity contribution in [2.24, 2.45) is 11.8 Å². The minimum absolute atomic E-state index is 0.00463. The van der Waals surface area contributed by atoms with Gasteiger partial charge in [-0.1, -0.05) is 20.3 Å². The van der Waals surface area contributed by atoms with Gasteiger partial charge in [-0.15, -0.1) is 0 Å². The fourth-order valence-electron chi connectivity index (χ4n) is 1.14. The SMILES string of the molecule is CC[C@H](C)C(O)C1CC1. The maximum absolute atomic E-state index is 9.46. The maximum atomic E-state index is 9.46. The van der Waals surface area contributed by atoms with Crippen LogP contribution in [-0.4, -0.2) is 11.2 Å². The van der Waals surface area contributed by atoms with Gasteiger partial charge in [0.25, 0.3) is 0 Å². The zero-order chi connectivity index (χ0) is 6.85. The molecule has 0 radical (unpaired) electrons. The van der Waals surface area contributed by atoms with Gasteiger partial charge in [0, 0.05) is 0 Å². The summed E-state index contributed by atoms with van der Waals surface area (Å²) in [5, 5.41) is 9.46. The highest BCUT2D eigenvalue weighted by Crippen LogP contribution is 2.36. The number of aliphatic hydroxyl groups excluding tert-OH is 1. The van der Waals surface area contributed by atoms with E-state index in [1.54, 1.807) is 0 Å². The molecular weight excluding hydrogens is 112 g/mol. The molecule has 1 aliphatic carbocycles. The number of hydrogen-bond donors (Lipinski definition) is 1. The van der Waals surface area contributed by atoms with Gasteiger partial charge in [-0.3, -0.25) is 0 Å². The Labute approximate surface area is 57.1 Å². The van der Waals surface area contributed by atoms with Crippen molar-refractivity contribution in [1.29, 1.82) is 0 Å². The molecule has 0 amide bonds. The Morgan fingerprint density at radius 2 is 2.11 bits per heavy atom. The van der Waals surface area contributed by atoms with E-state index in [9.17, 15) is 5.11 Å². The molecule has 1 heteroatoms. The van der Waals surface area contributed by atoms with E-state index < -0.39 is 0 Å². The molecular formula is C8H16O. The van der Waals surface area contributed by atoms with E-state index in [1.165, 1.54) is 12.8 Å². The monoisotopic (exact) mass is 128 g/mol. The van der Waals surface area contributed by atoms with Gasteiger partial charge in [0.15, 0.2) is 0 Å². The van der Waals surface area contributed by atoms with E-state index in [4.69, 9.17) is 0 Å². The standard InChI is InChI=1S/C8H16O/c1-3-6(2)8(9)7-4-5-7/h6-9H,3-5H2,1-2H3/t6-,8?/m0/s1. The van der Waals surface area contributed by atoms with Gasteiger partial charge < -0.3 is 5.11 Å². The van der Waals surface area contributed by atoms with Crippen LogP contribution in [0, 0.1) is 11.8 Å². The van der Waals surface area contributed by atoms with Crippen molar-refractivity contribution in [2.75, 3.05) is 0 Å². The summed E-state index contributed by atoms with van der Waals surface area (Å²) >= 11 is 0. The second-order valence-electron chi connectivity index (χ2n) is 3.21. The molecule has 9 heavy (non-hydrogen) atoms. The van der Waals surface area contributed by atoms with Crippen molar-refractivity contribution >= 4 is 0 Å². The molecule has 0 aliphatic heterocycles. The summed E-state index contributed by atoms with van der Waals surface area (Å²) in [7, 11) is 0. The minimum Gasteiger partial charge on any atom is -0.393 e. The van der Waals surface area contributed by atoms with Crippen LogP contribution in [0.15, 0.2) is 0 Å². The van der Waals surface area contributed by atoms with E-state index in [0.29, 0.717) is 11.8 Å². The van der Waals surface area contributed by atoms with E-state index in [0.717, 1.165) is 6.42 Å². The second kappa shape index (κ2) is 2.70. The first kappa shape index (κ1) is 7.07. The summed E-state index contributed by atoms with van der Waals surface area (Å²) in [6.45, 7) is 4.26. The molecule has 1 N–H and O–H groups in total. The summed E-state index contributed by atoms with van der Waals surface area (Å²) in [4.78, 5) is 0. The topological polar surface area (TPSA) is 20.2 Å². The molecule has 0 aromatic carbocycles. The molecule has 1 aliphatic rings. The largest absolute Gasteiger partial charge is 0.393 e. The zero-order valence-corrected chi connectivity index (χ0v) is 6.30.